The molecule has 0 aliphatic heterocycles. The van der Waals surface area contributed by atoms with Crippen molar-refractivity contribution in [3.8, 4) is 5.75 Å². The Kier molecular flexibility index (Phi) is 6.72. The van der Waals surface area contributed by atoms with Crippen molar-refractivity contribution < 1.29 is 24.5 Å². The van der Waals surface area contributed by atoms with Crippen LogP contribution in [-0.2, 0) is 22.7 Å². The van der Waals surface area contributed by atoms with Gasteiger partial charge in [-0.25, -0.2) is 4.79 Å². The van der Waals surface area contributed by atoms with Crippen molar-refractivity contribution in [3.63, 3.8) is 0 Å². The quantitative estimate of drug-likeness (QED) is 0.498. The first-order valence-corrected chi connectivity index (χ1v) is 9.88. The number of nitrogens with zero attached hydrogens (tertiary/aromatic N) is 1. The third kappa shape index (κ3) is 5.71. The third-order valence-corrected chi connectivity index (χ3v) is 4.90. The lowest BCUT2D eigenvalue weighted by Crippen LogP contribution is -2.34. The van der Waals surface area contributed by atoms with Crippen LogP contribution in [-0.4, -0.2) is 32.1 Å². The summed E-state index contributed by atoms with van der Waals surface area (Å²) in [5.41, 5.74) is 1.73. The molecule has 1 heterocycles. The molecular formula is C25H25NO5. The second kappa shape index (κ2) is 9.45. The molecule has 3 aromatic rings. The van der Waals surface area contributed by atoms with Gasteiger partial charge in [-0.1, -0.05) is 36.4 Å². The molecule has 0 fully saturated rings. The number of ketones is 1. The summed E-state index contributed by atoms with van der Waals surface area (Å²) in [6.07, 6.45) is 5.77. The molecule has 0 atom stereocenters. The Bertz CT molecular complexity index is 1080. The van der Waals surface area contributed by atoms with E-state index in [1.54, 1.807) is 18.2 Å². The highest BCUT2D eigenvalue weighted by atomic mass is 16.5. The maximum atomic E-state index is 12.7. The van der Waals surface area contributed by atoms with E-state index in [9.17, 15) is 14.7 Å². The second-order valence-corrected chi connectivity index (χ2v) is 7.67. The van der Waals surface area contributed by atoms with Crippen molar-refractivity contribution in [2.45, 2.75) is 32.6 Å². The van der Waals surface area contributed by atoms with Crippen LogP contribution < -0.4 is 0 Å². The largest absolute Gasteiger partial charge is 0.508 e. The lowest BCUT2D eigenvalue weighted by atomic mass is 10.1. The zero-order valence-corrected chi connectivity index (χ0v) is 17.5. The Morgan fingerprint density at radius 3 is 2.35 bits per heavy atom. The maximum Gasteiger partial charge on any atom is 0.335 e. The average Bonchev–Trinajstić information content (AvgIpc) is 3.21. The number of hydrogen-bond donors (Lipinski definition) is 2. The average molecular weight is 419 g/mol. The van der Waals surface area contributed by atoms with E-state index in [1.807, 2.05) is 53.2 Å². The molecule has 0 aliphatic rings. The Hall–Kier alpha value is -3.64. The molecule has 0 aliphatic carbocycles. The van der Waals surface area contributed by atoms with Crippen molar-refractivity contribution in [1.82, 2.24) is 4.57 Å². The Labute approximate surface area is 181 Å². The van der Waals surface area contributed by atoms with Crippen molar-refractivity contribution in [2.75, 3.05) is 0 Å². The highest BCUT2D eigenvalue weighted by Crippen LogP contribution is 2.16. The van der Waals surface area contributed by atoms with Gasteiger partial charge in [0.05, 0.1) is 12.3 Å². The topological polar surface area (TPSA) is 88.8 Å². The summed E-state index contributed by atoms with van der Waals surface area (Å²) >= 11 is 0. The number of phenols is 1. The van der Waals surface area contributed by atoms with Crippen LogP contribution in [0.15, 0.2) is 72.9 Å². The van der Waals surface area contributed by atoms with Crippen molar-refractivity contribution in [3.05, 3.63) is 95.3 Å². The number of hydrogen-bond acceptors (Lipinski definition) is 4. The van der Waals surface area contributed by atoms with Crippen LogP contribution in [0.25, 0.3) is 6.08 Å². The minimum Gasteiger partial charge on any atom is -0.508 e. The number of aromatic hydroxyl groups is 1. The molecule has 2 aromatic carbocycles. The Morgan fingerprint density at radius 2 is 1.71 bits per heavy atom. The number of carbonyl (C=O) groups is 2. The van der Waals surface area contributed by atoms with Crippen molar-refractivity contribution in [2.24, 2.45) is 0 Å². The first-order chi connectivity index (χ1) is 14.8. The van der Waals surface area contributed by atoms with E-state index in [0.29, 0.717) is 17.8 Å². The van der Waals surface area contributed by atoms with E-state index in [-0.39, 0.29) is 18.1 Å². The molecule has 6 nitrogen and oxygen atoms in total. The minimum atomic E-state index is -1.23. The van der Waals surface area contributed by atoms with Crippen LogP contribution >= 0.6 is 0 Å². The first-order valence-electron chi connectivity index (χ1n) is 9.88. The maximum absolute atomic E-state index is 12.7. The standard InChI is InChI=1S/C25H25NO5/c1-25(2,24(29)30)31-17-19-9-7-18(8-10-19)5-3-15-26-16-4-6-22(26)23(28)20-11-13-21(27)14-12-20/h3-14,16,27H,15,17H2,1-2H3,(H,29,30)/b5-3+. The predicted molar refractivity (Wildman–Crippen MR) is 118 cm³/mol. The first kappa shape index (κ1) is 22.1. The van der Waals surface area contributed by atoms with E-state index < -0.39 is 11.6 Å². The van der Waals surface area contributed by atoms with Gasteiger partial charge < -0.3 is 19.5 Å². The number of carboxylic acid groups (broad SMARTS) is 1. The van der Waals surface area contributed by atoms with Crippen LogP contribution in [0.2, 0.25) is 0 Å². The number of aromatic nitrogens is 1. The summed E-state index contributed by atoms with van der Waals surface area (Å²) < 4.78 is 7.32. The molecule has 3 rings (SSSR count). The molecule has 1 aromatic heterocycles. The summed E-state index contributed by atoms with van der Waals surface area (Å²) in [5.74, 6) is -0.981. The summed E-state index contributed by atoms with van der Waals surface area (Å²) in [6.45, 7) is 3.79. The number of carboxylic acids is 1. The van der Waals surface area contributed by atoms with Crippen LogP contribution in [0.1, 0.15) is 41.0 Å². The zero-order chi connectivity index (χ0) is 22.4. The molecule has 0 amide bonds. The van der Waals surface area contributed by atoms with E-state index in [2.05, 4.69) is 0 Å². The number of phenolic OH excluding ortho intramolecular Hbond substituents is 1. The summed E-state index contributed by atoms with van der Waals surface area (Å²) in [6, 6.07) is 17.5. The van der Waals surface area contributed by atoms with Gasteiger partial charge in [-0.15, -0.1) is 0 Å². The van der Waals surface area contributed by atoms with Gasteiger partial charge in [0.15, 0.2) is 5.60 Å². The van der Waals surface area contributed by atoms with Crippen LogP contribution in [0.5, 0.6) is 5.75 Å². The minimum absolute atomic E-state index is 0.105. The van der Waals surface area contributed by atoms with Gasteiger partial charge in [0.1, 0.15) is 5.75 Å². The van der Waals surface area contributed by atoms with E-state index in [0.717, 1.165) is 11.1 Å². The van der Waals surface area contributed by atoms with E-state index in [4.69, 9.17) is 9.84 Å². The summed E-state index contributed by atoms with van der Waals surface area (Å²) in [4.78, 5) is 23.8. The fourth-order valence-electron chi connectivity index (χ4n) is 2.89. The number of ether oxygens (including phenoxy) is 1. The number of allylic oxidation sites excluding steroid dienone is 1. The molecule has 6 heteroatoms. The lowest BCUT2D eigenvalue weighted by molar-refractivity contribution is -0.162. The molecule has 0 bridgehead atoms. The molecule has 0 saturated carbocycles. The van der Waals surface area contributed by atoms with Crippen molar-refractivity contribution >= 4 is 17.8 Å². The lowest BCUT2D eigenvalue weighted by Gasteiger charge is -2.20. The van der Waals surface area contributed by atoms with E-state index in [1.165, 1.54) is 26.0 Å². The fraction of sp³-hybridized carbons (Fsp3) is 0.200. The molecule has 160 valence electrons. The van der Waals surface area contributed by atoms with Gasteiger partial charge in [-0.3, -0.25) is 4.79 Å². The highest BCUT2D eigenvalue weighted by Gasteiger charge is 2.27. The van der Waals surface area contributed by atoms with Gasteiger partial charge in [0, 0.05) is 18.3 Å². The van der Waals surface area contributed by atoms with Gasteiger partial charge >= 0.3 is 5.97 Å². The normalized spacial score (nSPS) is 11.7. The SMILES string of the molecule is CC(C)(OCc1ccc(/C=C/Cn2cccc2C(=O)c2ccc(O)cc2)cc1)C(=O)O. The van der Waals surface area contributed by atoms with Gasteiger partial charge in [0.2, 0.25) is 5.78 Å². The van der Waals surface area contributed by atoms with Crippen LogP contribution in [0, 0.1) is 0 Å². The molecule has 31 heavy (non-hydrogen) atoms. The van der Waals surface area contributed by atoms with E-state index >= 15 is 0 Å². The molecule has 0 spiro atoms. The molecule has 0 unspecified atom stereocenters. The van der Waals surface area contributed by atoms with Gasteiger partial charge in [0.25, 0.3) is 0 Å². The summed E-state index contributed by atoms with van der Waals surface area (Å²) in [5, 5.41) is 18.5. The van der Waals surface area contributed by atoms with Crippen LogP contribution in [0.3, 0.4) is 0 Å². The number of benzene rings is 2. The number of rotatable bonds is 9. The Morgan fingerprint density at radius 1 is 1.03 bits per heavy atom. The number of carbonyl (C=O) groups excluding carboxylic acids is 1. The van der Waals surface area contributed by atoms with Crippen LogP contribution in [0.4, 0.5) is 0 Å². The monoisotopic (exact) mass is 419 g/mol. The molecule has 0 saturated heterocycles. The predicted octanol–water partition coefficient (Wildman–Crippen LogP) is 4.52. The number of aliphatic carboxylic acids is 1. The zero-order valence-electron chi connectivity index (χ0n) is 17.5. The molecule has 0 radical (unpaired) electrons. The fourth-order valence-corrected chi connectivity index (χ4v) is 2.89. The summed E-state index contributed by atoms with van der Waals surface area (Å²) in [7, 11) is 0. The molecular weight excluding hydrogens is 394 g/mol. The Balaban J connectivity index is 1.60. The van der Waals surface area contributed by atoms with Gasteiger partial charge in [-0.2, -0.15) is 0 Å². The second-order valence-electron chi connectivity index (χ2n) is 7.67. The smallest absolute Gasteiger partial charge is 0.335 e. The molecule has 2 N–H and O–H groups in total. The third-order valence-electron chi connectivity index (χ3n) is 4.90. The van der Waals surface area contributed by atoms with Gasteiger partial charge in [-0.05, 0) is 61.4 Å². The highest BCUT2D eigenvalue weighted by molar-refractivity contribution is 6.08. The van der Waals surface area contributed by atoms with Crippen molar-refractivity contribution in [1.29, 1.82) is 0 Å².